The number of likely N-dealkylation sites (tertiary alicyclic amines) is 1. The van der Waals surface area contributed by atoms with Crippen LogP contribution in [0, 0.1) is 11.7 Å². The Bertz CT molecular complexity index is 446. The number of halogens is 1. The van der Waals surface area contributed by atoms with E-state index in [-0.39, 0.29) is 23.7 Å². The fraction of sp³-hybridized carbons (Fsp3) is 0.562. The topological polar surface area (TPSA) is 46.3 Å². The Morgan fingerprint density at radius 2 is 2.10 bits per heavy atom. The highest BCUT2D eigenvalue weighted by Crippen LogP contribution is 2.23. The third-order valence-electron chi connectivity index (χ3n) is 4.29. The normalized spacial score (nSPS) is 21.6. The van der Waals surface area contributed by atoms with Crippen LogP contribution in [0.1, 0.15) is 31.7 Å². The van der Waals surface area contributed by atoms with Crippen molar-refractivity contribution in [1.29, 1.82) is 0 Å². The van der Waals surface area contributed by atoms with E-state index in [9.17, 15) is 9.18 Å². The predicted octanol–water partition coefficient (Wildman–Crippen LogP) is 2.34. The minimum Gasteiger partial charge on any atom is -0.369 e. The van der Waals surface area contributed by atoms with Crippen molar-refractivity contribution in [1.82, 2.24) is 4.90 Å². The van der Waals surface area contributed by atoms with E-state index in [0.717, 1.165) is 37.9 Å². The van der Waals surface area contributed by atoms with Crippen LogP contribution >= 0.6 is 0 Å². The van der Waals surface area contributed by atoms with E-state index in [0.29, 0.717) is 0 Å². The second kappa shape index (κ2) is 6.84. The van der Waals surface area contributed by atoms with Crippen LogP contribution in [0.2, 0.25) is 0 Å². The maximum Gasteiger partial charge on any atom is 0.221 e. The minimum absolute atomic E-state index is 0.108. The molecule has 0 radical (unpaired) electrons. The molecule has 0 saturated carbocycles. The number of rotatable bonds is 5. The van der Waals surface area contributed by atoms with Gasteiger partial charge >= 0.3 is 0 Å². The lowest BCUT2D eigenvalue weighted by Gasteiger charge is -2.38. The van der Waals surface area contributed by atoms with E-state index in [2.05, 4.69) is 4.90 Å². The monoisotopic (exact) mass is 278 g/mol. The van der Waals surface area contributed by atoms with Gasteiger partial charge in [-0.3, -0.25) is 9.69 Å². The van der Waals surface area contributed by atoms with Crippen molar-refractivity contribution in [2.75, 3.05) is 13.1 Å². The molecule has 2 atom stereocenters. The van der Waals surface area contributed by atoms with Gasteiger partial charge < -0.3 is 5.73 Å². The molecule has 0 aromatic heterocycles. The minimum atomic E-state index is -0.219. The number of nitrogens with two attached hydrogens (primary N) is 1. The maximum atomic E-state index is 12.9. The molecular formula is C16H23FN2O. The Kier molecular flexibility index (Phi) is 5.12. The van der Waals surface area contributed by atoms with Gasteiger partial charge in [0.15, 0.2) is 0 Å². The number of hydrogen-bond donors (Lipinski definition) is 1. The van der Waals surface area contributed by atoms with Crippen molar-refractivity contribution in [2.24, 2.45) is 11.7 Å². The number of primary amides is 1. The van der Waals surface area contributed by atoms with Crippen molar-refractivity contribution in [3.05, 3.63) is 35.6 Å². The van der Waals surface area contributed by atoms with Gasteiger partial charge in [-0.15, -0.1) is 0 Å². The highest BCUT2D eigenvalue weighted by atomic mass is 19.1. The summed E-state index contributed by atoms with van der Waals surface area (Å²) in [5.74, 6) is -0.529. The van der Waals surface area contributed by atoms with Gasteiger partial charge in [0, 0.05) is 12.6 Å². The van der Waals surface area contributed by atoms with Crippen LogP contribution in [0.5, 0.6) is 0 Å². The summed E-state index contributed by atoms with van der Waals surface area (Å²) in [6, 6.07) is 6.89. The highest BCUT2D eigenvalue weighted by Gasteiger charge is 2.29. The molecule has 0 bridgehead atoms. The SMILES string of the molecule is CC(C(N)=O)C1CCCCN1CCc1ccc(F)cc1. The molecule has 2 unspecified atom stereocenters. The molecule has 3 nitrogen and oxygen atoms in total. The lowest BCUT2D eigenvalue weighted by molar-refractivity contribution is -0.123. The molecule has 1 aromatic rings. The van der Waals surface area contributed by atoms with Crippen molar-refractivity contribution >= 4 is 5.91 Å². The predicted molar refractivity (Wildman–Crippen MR) is 77.7 cm³/mol. The fourth-order valence-corrected chi connectivity index (χ4v) is 2.97. The summed E-state index contributed by atoms with van der Waals surface area (Å²) in [5, 5.41) is 0. The summed E-state index contributed by atoms with van der Waals surface area (Å²) in [6.45, 7) is 3.83. The van der Waals surface area contributed by atoms with Gasteiger partial charge in [0.25, 0.3) is 0 Å². The van der Waals surface area contributed by atoms with Crippen LogP contribution < -0.4 is 5.73 Å². The molecule has 1 amide bonds. The molecule has 1 aromatic carbocycles. The number of piperidine rings is 1. The smallest absolute Gasteiger partial charge is 0.221 e. The number of carbonyl (C=O) groups is 1. The first-order chi connectivity index (χ1) is 9.58. The molecule has 1 fully saturated rings. The van der Waals surface area contributed by atoms with Crippen molar-refractivity contribution in [2.45, 2.75) is 38.6 Å². The van der Waals surface area contributed by atoms with Crippen LogP contribution in [0.3, 0.4) is 0 Å². The fourth-order valence-electron chi connectivity index (χ4n) is 2.97. The van der Waals surface area contributed by atoms with Crippen molar-refractivity contribution < 1.29 is 9.18 Å². The average molecular weight is 278 g/mol. The second-order valence-corrected chi connectivity index (χ2v) is 5.67. The summed E-state index contributed by atoms with van der Waals surface area (Å²) in [5.41, 5.74) is 6.57. The van der Waals surface area contributed by atoms with E-state index < -0.39 is 0 Å². The van der Waals surface area contributed by atoms with Gasteiger partial charge in [0.2, 0.25) is 5.91 Å². The Balaban J connectivity index is 1.95. The second-order valence-electron chi connectivity index (χ2n) is 5.67. The molecule has 4 heteroatoms. The summed E-state index contributed by atoms with van der Waals surface area (Å²) in [4.78, 5) is 13.8. The van der Waals surface area contributed by atoms with Crippen LogP contribution in [-0.2, 0) is 11.2 Å². The molecule has 2 rings (SSSR count). The zero-order valence-corrected chi connectivity index (χ0v) is 12.0. The molecule has 110 valence electrons. The standard InChI is InChI=1S/C16H23FN2O/c1-12(16(18)20)15-4-2-3-10-19(15)11-9-13-5-7-14(17)8-6-13/h5-8,12,15H,2-4,9-11H2,1H3,(H2,18,20). The molecule has 1 saturated heterocycles. The van der Waals surface area contributed by atoms with Gasteiger partial charge in [-0.25, -0.2) is 4.39 Å². The van der Waals surface area contributed by atoms with E-state index in [1.54, 1.807) is 0 Å². The van der Waals surface area contributed by atoms with E-state index in [4.69, 9.17) is 5.73 Å². The lowest BCUT2D eigenvalue weighted by atomic mass is 9.90. The molecule has 20 heavy (non-hydrogen) atoms. The Morgan fingerprint density at radius 1 is 1.40 bits per heavy atom. The third kappa shape index (κ3) is 3.79. The molecule has 0 spiro atoms. The Hall–Kier alpha value is -1.42. The number of nitrogens with zero attached hydrogens (tertiary/aromatic N) is 1. The molecule has 0 aliphatic carbocycles. The van der Waals surface area contributed by atoms with Gasteiger partial charge in [0.1, 0.15) is 5.82 Å². The van der Waals surface area contributed by atoms with E-state index >= 15 is 0 Å². The van der Waals surface area contributed by atoms with Crippen LogP contribution in [0.25, 0.3) is 0 Å². The Labute approximate surface area is 120 Å². The van der Waals surface area contributed by atoms with Gasteiger partial charge in [-0.1, -0.05) is 25.5 Å². The van der Waals surface area contributed by atoms with Crippen LogP contribution in [-0.4, -0.2) is 29.9 Å². The van der Waals surface area contributed by atoms with Crippen LogP contribution in [0.4, 0.5) is 4.39 Å². The maximum absolute atomic E-state index is 12.9. The first-order valence-electron chi connectivity index (χ1n) is 7.35. The lowest BCUT2D eigenvalue weighted by Crippen LogP contribution is -2.47. The van der Waals surface area contributed by atoms with Gasteiger partial charge in [-0.2, -0.15) is 0 Å². The van der Waals surface area contributed by atoms with Crippen molar-refractivity contribution in [3.8, 4) is 0 Å². The molecule has 2 N–H and O–H groups in total. The van der Waals surface area contributed by atoms with Gasteiger partial charge in [0.05, 0.1) is 5.92 Å². The molecular weight excluding hydrogens is 255 g/mol. The van der Waals surface area contributed by atoms with Gasteiger partial charge in [-0.05, 0) is 43.5 Å². The van der Waals surface area contributed by atoms with Crippen molar-refractivity contribution in [3.63, 3.8) is 0 Å². The quantitative estimate of drug-likeness (QED) is 0.898. The Morgan fingerprint density at radius 3 is 2.75 bits per heavy atom. The first kappa shape index (κ1) is 15.0. The molecule has 1 heterocycles. The number of amides is 1. The zero-order valence-electron chi connectivity index (χ0n) is 12.0. The summed E-state index contributed by atoms with van der Waals surface area (Å²) >= 11 is 0. The average Bonchev–Trinajstić information content (AvgIpc) is 2.46. The zero-order chi connectivity index (χ0) is 14.5. The number of carbonyl (C=O) groups excluding carboxylic acids is 1. The number of benzene rings is 1. The summed E-state index contributed by atoms with van der Waals surface area (Å²) in [6.07, 6.45) is 4.25. The largest absolute Gasteiger partial charge is 0.369 e. The third-order valence-corrected chi connectivity index (χ3v) is 4.29. The summed E-state index contributed by atoms with van der Waals surface area (Å²) < 4.78 is 12.9. The highest BCUT2D eigenvalue weighted by molar-refractivity contribution is 5.77. The van der Waals surface area contributed by atoms with E-state index in [1.807, 2.05) is 19.1 Å². The van der Waals surface area contributed by atoms with Crippen LogP contribution in [0.15, 0.2) is 24.3 Å². The molecule has 1 aliphatic heterocycles. The van der Waals surface area contributed by atoms with E-state index in [1.165, 1.54) is 18.6 Å². The summed E-state index contributed by atoms with van der Waals surface area (Å²) in [7, 11) is 0. The number of hydrogen-bond acceptors (Lipinski definition) is 2. The molecule has 1 aliphatic rings. The first-order valence-corrected chi connectivity index (χ1v) is 7.35.